The van der Waals surface area contributed by atoms with Crippen molar-refractivity contribution < 1.29 is 4.79 Å². The Balaban J connectivity index is 2.06. The van der Waals surface area contributed by atoms with Crippen LogP contribution in [0.1, 0.15) is 20.8 Å². The minimum absolute atomic E-state index is 0.0336. The summed E-state index contributed by atoms with van der Waals surface area (Å²) in [6, 6.07) is 9.84. The van der Waals surface area contributed by atoms with Crippen LogP contribution < -0.4 is 5.32 Å². The number of thioether (sulfide) groups is 1. The van der Waals surface area contributed by atoms with Crippen molar-refractivity contribution in [2.24, 2.45) is 5.92 Å². The molecule has 6 heteroatoms. The van der Waals surface area contributed by atoms with E-state index in [1.165, 1.54) is 18.1 Å². The van der Waals surface area contributed by atoms with Crippen molar-refractivity contribution in [3.05, 3.63) is 30.6 Å². The zero-order valence-electron chi connectivity index (χ0n) is 12.8. The molecule has 0 saturated heterocycles. The molecule has 0 radical (unpaired) electrons. The zero-order chi connectivity index (χ0) is 16.2. The van der Waals surface area contributed by atoms with Gasteiger partial charge in [0.25, 0.3) is 0 Å². The summed E-state index contributed by atoms with van der Waals surface area (Å²) in [6.45, 7) is 5.56. The normalized spacial score (nSPS) is 13.6. The number of carbonyl (C=O) groups is 1. The van der Waals surface area contributed by atoms with E-state index in [0.717, 1.165) is 15.9 Å². The van der Waals surface area contributed by atoms with Crippen molar-refractivity contribution in [1.29, 1.82) is 5.26 Å². The molecule has 1 aromatic heterocycles. The van der Waals surface area contributed by atoms with Gasteiger partial charge in [-0.15, -0.1) is 0 Å². The SMILES string of the molecule is CC(C)[C@@](C)(C#N)NC(=O)CSc1ncnc2ccccc12. The Kier molecular flexibility index (Phi) is 4.99. The van der Waals surface area contributed by atoms with Gasteiger partial charge in [-0.25, -0.2) is 9.97 Å². The highest BCUT2D eigenvalue weighted by molar-refractivity contribution is 8.00. The number of benzene rings is 1. The summed E-state index contributed by atoms with van der Waals surface area (Å²) in [5, 5.41) is 13.7. The summed E-state index contributed by atoms with van der Waals surface area (Å²) in [5.41, 5.74) is -0.00443. The number of nitriles is 1. The lowest BCUT2D eigenvalue weighted by atomic mass is 9.90. The molecule has 0 aliphatic carbocycles. The van der Waals surface area contributed by atoms with Gasteiger partial charge in [-0.1, -0.05) is 43.8 Å². The first kappa shape index (κ1) is 16.2. The van der Waals surface area contributed by atoms with Crippen LogP contribution in [-0.2, 0) is 4.79 Å². The number of aromatic nitrogens is 2. The molecule has 1 heterocycles. The Morgan fingerprint density at radius 2 is 2.14 bits per heavy atom. The Labute approximate surface area is 134 Å². The summed E-state index contributed by atoms with van der Waals surface area (Å²) in [4.78, 5) is 20.5. The number of amides is 1. The first-order valence-corrected chi connectivity index (χ1v) is 7.99. The van der Waals surface area contributed by atoms with E-state index in [2.05, 4.69) is 21.4 Å². The van der Waals surface area contributed by atoms with Crippen molar-refractivity contribution >= 4 is 28.6 Å². The molecule has 1 amide bonds. The van der Waals surface area contributed by atoms with E-state index in [9.17, 15) is 10.1 Å². The number of nitrogens with one attached hydrogen (secondary N) is 1. The van der Waals surface area contributed by atoms with Gasteiger partial charge in [-0.3, -0.25) is 4.79 Å². The molecule has 0 bridgehead atoms. The van der Waals surface area contributed by atoms with E-state index >= 15 is 0 Å². The number of carbonyl (C=O) groups excluding carboxylic acids is 1. The summed E-state index contributed by atoms with van der Waals surface area (Å²) in [6.07, 6.45) is 1.50. The lowest BCUT2D eigenvalue weighted by molar-refractivity contribution is -0.120. The van der Waals surface area contributed by atoms with Crippen molar-refractivity contribution in [3.8, 4) is 6.07 Å². The predicted molar refractivity (Wildman–Crippen MR) is 87.3 cm³/mol. The number of fused-ring (bicyclic) bond motifs is 1. The standard InChI is InChI=1S/C16H18N4OS/c1-11(2)16(3,9-17)20-14(21)8-22-15-12-6-4-5-7-13(12)18-10-19-15/h4-7,10-11H,8H2,1-3H3,(H,20,21)/t16-/m1/s1. The second-order valence-corrected chi connectivity index (χ2v) is 6.47. The van der Waals surface area contributed by atoms with Crippen LogP contribution in [0.4, 0.5) is 0 Å². The van der Waals surface area contributed by atoms with Gasteiger partial charge in [0.05, 0.1) is 17.3 Å². The molecule has 22 heavy (non-hydrogen) atoms. The predicted octanol–water partition coefficient (Wildman–Crippen LogP) is 2.78. The van der Waals surface area contributed by atoms with Gasteiger partial charge >= 0.3 is 0 Å². The van der Waals surface area contributed by atoms with Crippen LogP contribution >= 0.6 is 11.8 Å². The molecule has 1 N–H and O–H groups in total. The van der Waals surface area contributed by atoms with Gasteiger partial charge < -0.3 is 5.32 Å². The molecule has 0 aliphatic rings. The highest BCUT2D eigenvalue weighted by atomic mass is 32.2. The monoisotopic (exact) mass is 314 g/mol. The summed E-state index contributed by atoms with van der Waals surface area (Å²) in [5.74, 6) is 0.0714. The topological polar surface area (TPSA) is 78.7 Å². The molecule has 0 saturated carbocycles. The second kappa shape index (κ2) is 6.75. The molecule has 114 valence electrons. The van der Waals surface area contributed by atoms with Gasteiger partial charge in [0.2, 0.25) is 5.91 Å². The van der Waals surface area contributed by atoms with Crippen LogP contribution in [0, 0.1) is 17.2 Å². The molecule has 5 nitrogen and oxygen atoms in total. The largest absolute Gasteiger partial charge is 0.337 e. The fraction of sp³-hybridized carbons (Fsp3) is 0.375. The zero-order valence-corrected chi connectivity index (χ0v) is 13.6. The lowest BCUT2D eigenvalue weighted by Crippen LogP contribution is -2.49. The molecular weight excluding hydrogens is 296 g/mol. The Hall–Kier alpha value is -2.13. The average Bonchev–Trinajstić information content (AvgIpc) is 2.52. The molecule has 2 aromatic rings. The van der Waals surface area contributed by atoms with Crippen LogP contribution in [0.25, 0.3) is 10.9 Å². The van der Waals surface area contributed by atoms with Crippen molar-refractivity contribution in [1.82, 2.24) is 15.3 Å². The fourth-order valence-electron chi connectivity index (χ4n) is 1.86. The van der Waals surface area contributed by atoms with E-state index < -0.39 is 5.54 Å². The summed E-state index contributed by atoms with van der Waals surface area (Å²) in [7, 11) is 0. The van der Waals surface area contributed by atoms with Crippen LogP contribution in [0.3, 0.4) is 0 Å². The van der Waals surface area contributed by atoms with Crippen LogP contribution in [0.15, 0.2) is 35.6 Å². The lowest BCUT2D eigenvalue weighted by Gasteiger charge is -2.27. The maximum absolute atomic E-state index is 12.1. The maximum atomic E-state index is 12.1. The molecule has 0 unspecified atom stereocenters. The van der Waals surface area contributed by atoms with Crippen molar-refractivity contribution in [2.75, 3.05) is 5.75 Å². The highest BCUT2D eigenvalue weighted by Crippen LogP contribution is 2.24. The smallest absolute Gasteiger partial charge is 0.231 e. The van der Waals surface area contributed by atoms with Crippen molar-refractivity contribution in [3.63, 3.8) is 0 Å². The Morgan fingerprint density at radius 3 is 2.82 bits per heavy atom. The number of hydrogen-bond acceptors (Lipinski definition) is 5. The molecule has 0 aliphatic heterocycles. The van der Waals surface area contributed by atoms with Gasteiger partial charge in [0.15, 0.2) is 0 Å². The van der Waals surface area contributed by atoms with E-state index in [1.54, 1.807) is 6.92 Å². The highest BCUT2D eigenvalue weighted by Gasteiger charge is 2.29. The van der Waals surface area contributed by atoms with E-state index in [-0.39, 0.29) is 17.6 Å². The number of nitrogens with zero attached hydrogens (tertiary/aromatic N) is 3. The molecule has 2 rings (SSSR count). The number of hydrogen-bond donors (Lipinski definition) is 1. The third-order valence-corrected chi connectivity index (χ3v) is 4.64. The van der Waals surface area contributed by atoms with Crippen LogP contribution in [0.5, 0.6) is 0 Å². The van der Waals surface area contributed by atoms with E-state index in [1.807, 2.05) is 38.1 Å². The number of rotatable bonds is 5. The first-order chi connectivity index (χ1) is 10.5. The van der Waals surface area contributed by atoms with Gasteiger partial charge in [-0.2, -0.15) is 5.26 Å². The van der Waals surface area contributed by atoms with Crippen LogP contribution in [-0.4, -0.2) is 27.2 Å². The van der Waals surface area contributed by atoms with Gasteiger partial charge in [0, 0.05) is 5.39 Å². The third kappa shape index (κ3) is 3.55. The molecule has 0 fully saturated rings. The van der Waals surface area contributed by atoms with Gasteiger partial charge in [0.1, 0.15) is 16.9 Å². The van der Waals surface area contributed by atoms with Crippen LogP contribution in [0.2, 0.25) is 0 Å². The average molecular weight is 314 g/mol. The number of para-hydroxylation sites is 1. The minimum atomic E-state index is -0.856. The maximum Gasteiger partial charge on any atom is 0.231 e. The van der Waals surface area contributed by atoms with Gasteiger partial charge in [-0.05, 0) is 18.9 Å². The van der Waals surface area contributed by atoms with E-state index in [4.69, 9.17) is 0 Å². The third-order valence-electron chi connectivity index (χ3n) is 3.63. The molecule has 1 aromatic carbocycles. The molecule has 1 atom stereocenters. The fourth-order valence-corrected chi connectivity index (χ4v) is 2.65. The quantitative estimate of drug-likeness (QED) is 0.678. The summed E-state index contributed by atoms with van der Waals surface area (Å²) < 4.78 is 0. The first-order valence-electron chi connectivity index (χ1n) is 7.01. The molecular formula is C16H18N4OS. The van der Waals surface area contributed by atoms with Crippen molar-refractivity contribution in [2.45, 2.75) is 31.3 Å². The second-order valence-electron chi connectivity index (χ2n) is 5.50. The minimum Gasteiger partial charge on any atom is -0.337 e. The molecule has 0 spiro atoms. The van der Waals surface area contributed by atoms with E-state index in [0.29, 0.717) is 0 Å². The Bertz CT molecular complexity index is 720. The summed E-state index contributed by atoms with van der Waals surface area (Å²) >= 11 is 1.35. The Morgan fingerprint density at radius 1 is 1.41 bits per heavy atom.